The number of thiophene rings is 1. The third-order valence-electron chi connectivity index (χ3n) is 5.62. The van der Waals surface area contributed by atoms with Gasteiger partial charge < -0.3 is 9.80 Å². The van der Waals surface area contributed by atoms with Gasteiger partial charge in [0.05, 0.1) is 0 Å². The van der Waals surface area contributed by atoms with Gasteiger partial charge in [-0.2, -0.15) is 11.3 Å². The molecular weight excluding hydrogens is 308 g/mol. The van der Waals surface area contributed by atoms with Crippen molar-refractivity contribution in [1.29, 1.82) is 0 Å². The fraction of sp³-hybridized carbons (Fsp3) is 0.667. The Labute approximate surface area is 141 Å². The highest BCUT2D eigenvalue weighted by Crippen LogP contribution is 2.36. The predicted molar refractivity (Wildman–Crippen MR) is 90.3 cm³/mol. The molecule has 0 spiro atoms. The van der Waals surface area contributed by atoms with E-state index < -0.39 is 0 Å². The van der Waals surface area contributed by atoms with Crippen LogP contribution in [0, 0.1) is 5.92 Å². The molecule has 124 valence electrons. The maximum atomic E-state index is 13.1. The molecule has 2 amide bonds. The summed E-state index contributed by atoms with van der Waals surface area (Å²) in [4.78, 5) is 29.4. The number of hydrogen-bond donors (Lipinski definition) is 0. The first-order valence-electron chi connectivity index (χ1n) is 8.78. The molecule has 2 saturated heterocycles. The summed E-state index contributed by atoms with van der Waals surface area (Å²) in [5.41, 5.74) is 1.36. The summed E-state index contributed by atoms with van der Waals surface area (Å²) in [6.45, 7) is 3.72. The Morgan fingerprint density at radius 3 is 2.70 bits per heavy atom. The van der Waals surface area contributed by atoms with E-state index >= 15 is 0 Å². The van der Waals surface area contributed by atoms with Gasteiger partial charge in [-0.25, -0.2) is 0 Å². The van der Waals surface area contributed by atoms with Crippen molar-refractivity contribution in [3.05, 3.63) is 22.4 Å². The SMILES string of the molecule is CC1CC(c2ccsc2)CN1C(=O)C1CCCN1C(=O)C1CC1. The molecule has 3 unspecified atom stereocenters. The van der Waals surface area contributed by atoms with Crippen LogP contribution in [0.5, 0.6) is 0 Å². The lowest BCUT2D eigenvalue weighted by molar-refractivity contribution is -0.144. The van der Waals surface area contributed by atoms with Crippen molar-refractivity contribution in [2.45, 2.75) is 57.0 Å². The first-order chi connectivity index (χ1) is 11.1. The van der Waals surface area contributed by atoms with Crippen molar-refractivity contribution in [2.24, 2.45) is 5.92 Å². The van der Waals surface area contributed by atoms with Crippen LogP contribution >= 0.6 is 11.3 Å². The van der Waals surface area contributed by atoms with Crippen LogP contribution in [0.25, 0.3) is 0 Å². The Hall–Kier alpha value is -1.36. The van der Waals surface area contributed by atoms with Crippen molar-refractivity contribution < 1.29 is 9.59 Å². The van der Waals surface area contributed by atoms with E-state index in [1.807, 2.05) is 9.80 Å². The summed E-state index contributed by atoms with van der Waals surface area (Å²) < 4.78 is 0. The lowest BCUT2D eigenvalue weighted by Crippen LogP contribution is -2.49. The number of carbonyl (C=O) groups is 2. The van der Waals surface area contributed by atoms with Gasteiger partial charge in [-0.05, 0) is 61.4 Å². The fourth-order valence-corrected chi connectivity index (χ4v) is 4.87. The van der Waals surface area contributed by atoms with E-state index in [2.05, 4.69) is 23.8 Å². The fourth-order valence-electron chi connectivity index (χ4n) is 4.13. The van der Waals surface area contributed by atoms with Crippen molar-refractivity contribution in [1.82, 2.24) is 9.80 Å². The van der Waals surface area contributed by atoms with Gasteiger partial charge >= 0.3 is 0 Å². The largest absolute Gasteiger partial charge is 0.338 e. The summed E-state index contributed by atoms with van der Waals surface area (Å²) in [6, 6.07) is 2.24. The van der Waals surface area contributed by atoms with E-state index in [0.717, 1.165) is 45.2 Å². The van der Waals surface area contributed by atoms with Gasteiger partial charge in [-0.3, -0.25) is 9.59 Å². The minimum Gasteiger partial charge on any atom is -0.338 e. The van der Waals surface area contributed by atoms with Crippen molar-refractivity contribution in [3.8, 4) is 0 Å². The molecule has 1 aromatic rings. The molecule has 3 fully saturated rings. The maximum absolute atomic E-state index is 13.1. The standard InChI is InChI=1S/C18H24N2O2S/c1-12-9-15(14-6-8-23-11-14)10-20(12)18(22)16-3-2-7-19(16)17(21)13-4-5-13/h6,8,11-13,15-16H,2-5,7,9-10H2,1H3. The van der Waals surface area contributed by atoms with Crippen LogP contribution < -0.4 is 0 Å². The lowest BCUT2D eigenvalue weighted by atomic mass is 10.00. The molecule has 3 atom stereocenters. The molecule has 2 aliphatic heterocycles. The molecule has 23 heavy (non-hydrogen) atoms. The Balaban J connectivity index is 1.46. The first-order valence-corrected chi connectivity index (χ1v) is 9.72. The summed E-state index contributed by atoms with van der Waals surface area (Å²) in [7, 11) is 0. The number of amides is 2. The molecule has 0 bridgehead atoms. The Bertz CT molecular complexity index is 596. The van der Waals surface area contributed by atoms with E-state index in [1.165, 1.54) is 5.56 Å². The Morgan fingerprint density at radius 1 is 1.17 bits per heavy atom. The number of likely N-dealkylation sites (tertiary alicyclic amines) is 2. The van der Waals surface area contributed by atoms with Crippen molar-refractivity contribution >= 4 is 23.2 Å². The monoisotopic (exact) mass is 332 g/mol. The number of rotatable bonds is 3. The quantitative estimate of drug-likeness (QED) is 0.854. The van der Waals surface area contributed by atoms with Crippen molar-refractivity contribution in [3.63, 3.8) is 0 Å². The Kier molecular flexibility index (Phi) is 3.92. The van der Waals surface area contributed by atoms with Crippen LogP contribution in [0.3, 0.4) is 0 Å². The lowest BCUT2D eigenvalue weighted by Gasteiger charge is -2.30. The number of hydrogen-bond acceptors (Lipinski definition) is 3. The molecule has 3 heterocycles. The second kappa shape index (κ2) is 5.93. The van der Waals surface area contributed by atoms with Gasteiger partial charge in [-0.1, -0.05) is 0 Å². The summed E-state index contributed by atoms with van der Waals surface area (Å²) >= 11 is 1.72. The zero-order chi connectivity index (χ0) is 16.0. The van der Waals surface area contributed by atoms with Crippen LogP contribution in [-0.4, -0.2) is 46.8 Å². The number of carbonyl (C=O) groups excluding carboxylic acids is 2. The van der Waals surface area contributed by atoms with E-state index in [1.54, 1.807) is 11.3 Å². The highest BCUT2D eigenvalue weighted by Gasteiger charge is 2.44. The first kappa shape index (κ1) is 15.2. The average molecular weight is 332 g/mol. The molecule has 1 saturated carbocycles. The summed E-state index contributed by atoms with van der Waals surface area (Å²) in [5, 5.41) is 4.31. The van der Waals surface area contributed by atoms with Crippen LogP contribution in [-0.2, 0) is 9.59 Å². The molecule has 5 heteroatoms. The molecule has 3 aliphatic rings. The zero-order valence-corrected chi connectivity index (χ0v) is 14.4. The van der Waals surface area contributed by atoms with Crippen LogP contribution in [0.2, 0.25) is 0 Å². The van der Waals surface area contributed by atoms with Gasteiger partial charge in [0.1, 0.15) is 6.04 Å². The smallest absolute Gasteiger partial charge is 0.245 e. The minimum absolute atomic E-state index is 0.182. The Morgan fingerprint density at radius 2 is 2.00 bits per heavy atom. The van der Waals surface area contributed by atoms with Gasteiger partial charge in [0.25, 0.3) is 0 Å². The maximum Gasteiger partial charge on any atom is 0.245 e. The molecule has 0 radical (unpaired) electrons. The zero-order valence-electron chi connectivity index (χ0n) is 13.6. The summed E-state index contributed by atoms with van der Waals surface area (Å²) in [6.07, 6.45) is 4.85. The highest BCUT2D eigenvalue weighted by molar-refractivity contribution is 7.08. The van der Waals surface area contributed by atoms with Gasteiger partial charge in [0.15, 0.2) is 0 Å². The van der Waals surface area contributed by atoms with E-state index in [9.17, 15) is 9.59 Å². The highest BCUT2D eigenvalue weighted by atomic mass is 32.1. The third kappa shape index (κ3) is 2.80. The van der Waals surface area contributed by atoms with Crippen LogP contribution in [0.15, 0.2) is 16.8 Å². The number of nitrogens with zero attached hydrogens (tertiary/aromatic N) is 2. The minimum atomic E-state index is -0.202. The molecule has 0 aromatic carbocycles. The molecule has 4 rings (SSSR count). The molecular formula is C18H24N2O2S. The molecule has 1 aliphatic carbocycles. The van der Waals surface area contributed by atoms with Gasteiger partial charge in [0, 0.05) is 31.0 Å². The molecule has 0 N–H and O–H groups in total. The van der Waals surface area contributed by atoms with Gasteiger partial charge in [0.2, 0.25) is 11.8 Å². The molecule has 4 nitrogen and oxygen atoms in total. The average Bonchev–Trinajstić information content (AvgIpc) is 2.97. The predicted octanol–water partition coefficient (Wildman–Crippen LogP) is 2.85. The van der Waals surface area contributed by atoms with E-state index in [0.29, 0.717) is 5.92 Å². The topological polar surface area (TPSA) is 40.6 Å². The van der Waals surface area contributed by atoms with Crippen LogP contribution in [0.4, 0.5) is 0 Å². The third-order valence-corrected chi connectivity index (χ3v) is 6.32. The second-order valence-electron chi connectivity index (χ2n) is 7.29. The van der Waals surface area contributed by atoms with Gasteiger partial charge in [-0.15, -0.1) is 0 Å². The second-order valence-corrected chi connectivity index (χ2v) is 8.07. The van der Waals surface area contributed by atoms with E-state index in [-0.39, 0.29) is 29.8 Å². The molecule has 1 aromatic heterocycles. The summed E-state index contributed by atoms with van der Waals surface area (Å²) in [5.74, 6) is 1.07. The van der Waals surface area contributed by atoms with Crippen LogP contribution in [0.1, 0.15) is 50.5 Å². The van der Waals surface area contributed by atoms with E-state index in [4.69, 9.17) is 0 Å². The normalized spacial score (nSPS) is 30.9. The van der Waals surface area contributed by atoms with Crippen molar-refractivity contribution in [2.75, 3.05) is 13.1 Å².